The van der Waals surface area contributed by atoms with Gasteiger partial charge in [-0.3, -0.25) is 4.90 Å². The first-order valence-corrected chi connectivity index (χ1v) is 5.85. The van der Waals surface area contributed by atoms with Crippen LogP contribution in [0.5, 0.6) is 0 Å². The maximum absolute atomic E-state index is 13.3. The smallest absolute Gasteiger partial charge is 0.125 e. The number of benzene rings is 1. The van der Waals surface area contributed by atoms with Crippen LogP contribution < -0.4 is 5.73 Å². The van der Waals surface area contributed by atoms with E-state index in [1.807, 2.05) is 6.07 Å². The topological polar surface area (TPSA) is 38.5 Å². The van der Waals surface area contributed by atoms with E-state index in [9.17, 15) is 4.39 Å². The summed E-state index contributed by atoms with van der Waals surface area (Å²) in [7, 11) is 0. The van der Waals surface area contributed by atoms with Crippen LogP contribution >= 0.6 is 0 Å². The number of anilines is 1. The second-order valence-electron chi connectivity index (χ2n) is 5.18. The van der Waals surface area contributed by atoms with Crippen molar-refractivity contribution in [3.8, 4) is 0 Å². The Morgan fingerprint density at radius 1 is 1.41 bits per heavy atom. The average Bonchev–Trinajstić information content (AvgIpc) is 2.19. The molecule has 0 atom stereocenters. The molecule has 4 heteroatoms. The summed E-state index contributed by atoms with van der Waals surface area (Å²) >= 11 is 0. The molecular weight excluding hydrogens is 219 g/mol. The molecule has 2 rings (SSSR count). The van der Waals surface area contributed by atoms with Crippen LogP contribution in [0.3, 0.4) is 0 Å². The summed E-state index contributed by atoms with van der Waals surface area (Å²) in [6.45, 7) is 7.28. The zero-order valence-corrected chi connectivity index (χ0v) is 10.4. The summed E-state index contributed by atoms with van der Waals surface area (Å²) in [6.07, 6.45) is 0. The van der Waals surface area contributed by atoms with E-state index in [0.717, 1.165) is 18.7 Å². The van der Waals surface area contributed by atoms with Gasteiger partial charge < -0.3 is 10.5 Å². The van der Waals surface area contributed by atoms with Gasteiger partial charge in [-0.25, -0.2) is 4.39 Å². The van der Waals surface area contributed by atoms with E-state index in [0.29, 0.717) is 18.8 Å². The van der Waals surface area contributed by atoms with Gasteiger partial charge in [-0.1, -0.05) is 0 Å². The normalized spacial score (nSPS) is 20.4. The molecule has 0 spiro atoms. The zero-order chi connectivity index (χ0) is 12.5. The highest BCUT2D eigenvalue weighted by atomic mass is 19.1. The molecule has 1 aromatic rings. The molecule has 0 aromatic heterocycles. The standard InChI is InChI=1S/C13H19FN2O/c1-13(2)9-17-4-3-16(13)8-10-5-11(14)7-12(15)6-10/h5-7H,3-4,8-9,15H2,1-2H3. The predicted octanol–water partition coefficient (Wildman–Crippen LogP) is 2.02. The minimum atomic E-state index is -0.272. The molecule has 1 saturated heterocycles. The molecule has 1 aliphatic rings. The Hall–Kier alpha value is -1.13. The molecule has 0 saturated carbocycles. The van der Waals surface area contributed by atoms with E-state index in [1.165, 1.54) is 6.07 Å². The summed E-state index contributed by atoms with van der Waals surface area (Å²) in [5.74, 6) is -0.272. The molecule has 1 aromatic carbocycles. The molecule has 94 valence electrons. The highest BCUT2D eigenvalue weighted by molar-refractivity contribution is 5.41. The third-order valence-corrected chi connectivity index (χ3v) is 3.17. The van der Waals surface area contributed by atoms with Gasteiger partial charge in [-0.2, -0.15) is 0 Å². The molecule has 1 heterocycles. The number of morpholine rings is 1. The fraction of sp³-hybridized carbons (Fsp3) is 0.538. The van der Waals surface area contributed by atoms with Gasteiger partial charge in [0.1, 0.15) is 5.82 Å². The monoisotopic (exact) mass is 238 g/mol. The van der Waals surface area contributed by atoms with Gasteiger partial charge in [0.05, 0.1) is 13.2 Å². The third kappa shape index (κ3) is 2.96. The second-order valence-corrected chi connectivity index (χ2v) is 5.18. The van der Waals surface area contributed by atoms with E-state index in [4.69, 9.17) is 10.5 Å². The molecule has 1 fully saturated rings. The molecule has 2 N–H and O–H groups in total. The summed E-state index contributed by atoms with van der Waals surface area (Å²) in [6, 6.07) is 4.71. The lowest BCUT2D eigenvalue weighted by Gasteiger charge is -2.42. The first kappa shape index (κ1) is 12.3. The lowest BCUT2D eigenvalue weighted by molar-refractivity contribution is -0.0553. The Kier molecular flexibility index (Phi) is 3.35. The Bertz CT molecular complexity index is 386. The number of rotatable bonds is 2. The molecule has 17 heavy (non-hydrogen) atoms. The van der Waals surface area contributed by atoms with E-state index in [-0.39, 0.29) is 11.4 Å². The first-order valence-electron chi connectivity index (χ1n) is 5.85. The lowest BCUT2D eigenvalue weighted by atomic mass is 10.0. The maximum atomic E-state index is 13.3. The molecular formula is C13H19FN2O. The van der Waals surface area contributed by atoms with E-state index in [1.54, 1.807) is 6.07 Å². The van der Waals surface area contributed by atoms with Crippen molar-refractivity contribution in [3.05, 3.63) is 29.6 Å². The Morgan fingerprint density at radius 2 is 2.18 bits per heavy atom. The summed E-state index contributed by atoms with van der Waals surface area (Å²) in [5, 5.41) is 0. The predicted molar refractivity (Wildman–Crippen MR) is 66.1 cm³/mol. The molecule has 3 nitrogen and oxygen atoms in total. The van der Waals surface area contributed by atoms with Crippen LogP contribution in [0, 0.1) is 5.82 Å². The van der Waals surface area contributed by atoms with Crippen molar-refractivity contribution in [2.45, 2.75) is 25.9 Å². The van der Waals surface area contributed by atoms with Crippen LogP contribution in [0.2, 0.25) is 0 Å². The van der Waals surface area contributed by atoms with Crippen LogP contribution in [0.1, 0.15) is 19.4 Å². The Labute approximate surface area is 101 Å². The van der Waals surface area contributed by atoms with Crippen molar-refractivity contribution in [1.82, 2.24) is 4.90 Å². The Morgan fingerprint density at radius 3 is 2.82 bits per heavy atom. The minimum absolute atomic E-state index is 0.0146. The van der Waals surface area contributed by atoms with E-state index < -0.39 is 0 Å². The second kappa shape index (κ2) is 4.63. The molecule has 1 aliphatic heterocycles. The number of hydrogen-bond donors (Lipinski definition) is 1. The molecule has 0 radical (unpaired) electrons. The Balaban J connectivity index is 2.14. The number of ether oxygens (including phenoxy) is 1. The highest BCUT2D eigenvalue weighted by Gasteiger charge is 2.30. The highest BCUT2D eigenvalue weighted by Crippen LogP contribution is 2.22. The van der Waals surface area contributed by atoms with Gasteiger partial charge in [0.25, 0.3) is 0 Å². The number of nitrogens with zero attached hydrogens (tertiary/aromatic N) is 1. The van der Waals surface area contributed by atoms with Crippen molar-refractivity contribution in [2.24, 2.45) is 0 Å². The van der Waals surface area contributed by atoms with E-state index in [2.05, 4.69) is 18.7 Å². The first-order chi connectivity index (χ1) is 7.97. The fourth-order valence-corrected chi connectivity index (χ4v) is 2.17. The molecule has 0 unspecified atom stereocenters. The van der Waals surface area contributed by atoms with Gasteiger partial charge in [-0.15, -0.1) is 0 Å². The van der Waals surface area contributed by atoms with Gasteiger partial charge in [0.2, 0.25) is 0 Å². The van der Waals surface area contributed by atoms with Crippen LogP contribution in [0.25, 0.3) is 0 Å². The lowest BCUT2D eigenvalue weighted by Crippen LogP contribution is -2.52. The quantitative estimate of drug-likeness (QED) is 0.801. The van der Waals surface area contributed by atoms with Crippen LogP contribution in [0.4, 0.5) is 10.1 Å². The van der Waals surface area contributed by atoms with Crippen molar-refractivity contribution in [2.75, 3.05) is 25.5 Å². The van der Waals surface area contributed by atoms with Crippen LogP contribution in [-0.2, 0) is 11.3 Å². The van der Waals surface area contributed by atoms with Crippen LogP contribution in [0.15, 0.2) is 18.2 Å². The molecule has 0 aliphatic carbocycles. The number of nitrogen functional groups attached to an aromatic ring is 1. The molecule has 0 amide bonds. The van der Waals surface area contributed by atoms with Crippen molar-refractivity contribution in [1.29, 1.82) is 0 Å². The van der Waals surface area contributed by atoms with Crippen molar-refractivity contribution in [3.63, 3.8) is 0 Å². The average molecular weight is 238 g/mol. The summed E-state index contributed by atoms with van der Waals surface area (Å²) in [4.78, 5) is 2.30. The summed E-state index contributed by atoms with van der Waals surface area (Å²) < 4.78 is 18.7. The van der Waals surface area contributed by atoms with Gasteiger partial charge in [-0.05, 0) is 37.6 Å². The largest absolute Gasteiger partial charge is 0.399 e. The van der Waals surface area contributed by atoms with Crippen LogP contribution in [-0.4, -0.2) is 30.2 Å². The summed E-state index contributed by atoms with van der Waals surface area (Å²) in [5.41, 5.74) is 7.03. The van der Waals surface area contributed by atoms with Crippen molar-refractivity contribution >= 4 is 5.69 Å². The van der Waals surface area contributed by atoms with Gasteiger partial charge >= 0.3 is 0 Å². The number of hydrogen-bond acceptors (Lipinski definition) is 3. The zero-order valence-electron chi connectivity index (χ0n) is 10.4. The maximum Gasteiger partial charge on any atom is 0.125 e. The number of halogens is 1. The van der Waals surface area contributed by atoms with Crippen molar-refractivity contribution < 1.29 is 9.13 Å². The SMILES string of the molecule is CC1(C)COCCN1Cc1cc(N)cc(F)c1. The van der Waals surface area contributed by atoms with Gasteiger partial charge in [0.15, 0.2) is 0 Å². The third-order valence-electron chi connectivity index (χ3n) is 3.17. The van der Waals surface area contributed by atoms with E-state index >= 15 is 0 Å². The molecule has 0 bridgehead atoms. The number of nitrogens with two attached hydrogens (primary N) is 1. The minimum Gasteiger partial charge on any atom is -0.399 e. The van der Waals surface area contributed by atoms with Gasteiger partial charge in [0, 0.05) is 24.3 Å². The fourth-order valence-electron chi connectivity index (χ4n) is 2.17.